The molecule has 13 heavy (non-hydrogen) atoms. The Morgan fingerprint density at radius 1 is 1.23 bits per heavy atom. The molecule has 2 atom stereocenters. The van der Waals surface area contributed by atoms with E-state index in [0.29, 0.717) is 5.54 Å². The topological polar surface area (TPSA) is 12.0 Å². The summed E-state index contributed by atoms with van der Waals surface area (Å²) in [4.78, 5) is 0. The highest BCUT2D eigenvalue weighted by atomic mass is 15.0. The minimum Gasteiger partial charge on any atom is -0.311 e. The molecule has 1 spiro atoms. The lowest BCUT2D eigenvalue weighted by Gasteiger charge is -2.45. The van der Waals surface area contributed by atoms with E-state index in [4.69, 9.17) is 0 Å². The maximum Gasteiger partial charge on any atom is 0.0196 e. The highest BCUT2D eigenvalue weighted by Gasteiger charge is 2.39. The standard InChI is InChI=1S/C12H23N/c1-10(2)11-5-3-4-6-12(9-11)7-8-13-12/h10-11,13H,3-9H2,1-2H3. The Bertz CT molecular complexity index is 170. The van der Waals surface area contributed by atoms with Crippen molar-refractivity contribution < 1.29 is 0 Å². The van der Waals surface area contributed by atoms with Crippen LogP contribution in [-0.4, -0.2) is 12.1 Å². The molecule has 1 saturated heterocycles. The third kappa shape index (κ3) is 1.90. The summed E-state index contributed by atoms with van der Waals surface area (Å²) in [6.45, 7) is 6.05. The number of nitrogens with one attached hydrogen (secondary N) is 1. The first-order valence-electron chi connectivity index (χ1n) is 5.97. The zero-order valence-corrected chi connectivity index (χ0v) is 9.10. The summed E-state index contributed by atoms with van der Waals surface area (Å²) in [5.41, 5.74) is 0.589. The molecule has 1 saturated carbocycles. The Morgan fingerprint density at radius 3 is 2.54 bits per heavy atom. The van der Waals surface area contributed by atoms with Gasteiger partial charge in [-0.1, -0.05) is 33.1 Å². The fourth-order valence-corrected chi connectivity index (χ4v) is 3.01. The second-order valence-electron chi connectivity index (χ2n) is 5.41. The van der Waals surface area contributed by atoms with Gasteiger partial charge in [-0.2, -0.15) is 0 Å². The SMILES string of the molecule is CC(C)C1CCCCC2(CCN2)C1. The molecule has 2 aliphatic rings. The zero-order valence-electron chi connectivity index (χ0n) is 9.10. The molecule has 1 aliphatic heterocycles. The third-order valence-corrected chi connectivity index (χ3v) is 4.18. The van der Waals surface area contributed by atoms with E-state index >= 15 is 0 Å². The highest BCUT2D eigenvalue weighted by molar-refractivity contribution is 4.99. The van der Waals surface area contributed by atoms with Gasteiger partial charge in [0.1, 0.15) is 0 Å². The van der Waals surface area contributed by atoms with Crippen LogP contribution < -0.4 is 5.32 Å². The van der Waals surface area contributed by atoms with Gasteiger partial charge >= 0.3 is 0 Å². The lowest BCUT2D eigenvalue weighted by molar-refractivity contribution is 0.143. The van der Waals surface area contributed by atoms with Crippen molar-refractivity contribution in [3.05, 3.63) is 0 Å². The zero-order chi connectivity index (χ0) is 9.31. The molecular formula is C12H23N. The predicted octanol–water partition coefficient (Wildman–Crippen LogP) is 2.95. The number of rotatable bonds is 1. The Labute approximate surface area is 82.3 Å². The lowest BCUT2D eigenvalue weighted by Crippen LogP contribution is -2.57. The van der Waals surface area contributed by atoms with Crippen molar-refractivity contribution in [1.29, 1.82) is 0 Å². The Morgan fingerprint density at radius 2 is 2.00 bits per heavy atom. The molecule has 1 nitrogen and oxygen atoms in total. The van der Waals surface area contributed by atoms with Crippen LogP contribution in [0.1, 0.15) is 52.4 Å². The molecule has 0 aromatic heterocycles. The van der Waals surface area contributed by atoms with E-state index in [9.17, 15) is 0 Å². The van der Waals surface area contributed by atoms with E-state index < -0.39 is 0 Å². The van der Waals surface area contributed by atoms with Gasteiger partial charge < -0.3 is 5.32 Å². The Kier molecular flexibility index (Phi) is 2.64. The van der Waals surface area contributed by atoms with Gasteiger partial charge in [0.25, 0.3) is 0 Å². The van der Waals surface area contributed by atoms with E-state index in [0.717, 1.165) is 11.8 Å². The van der Waals surface area contributed by atoms with Gasteiger partial charge in [0.05, 0.1) is 0 Å². The van der Waals surface area contributed by atoms with Gasteiger partial charge in [0.2, 0.25) is 0 Å². The van der Waals surface area contributed by atoms with Crippen molar-refractivity contribution >= 4 is 0 Å². The lowest BCUT2D eigenvalue weighted by atomic mass is 9.75. The quantitative estimate of drug-likeness (QED) is 0.656. The second-order valence-corrected chi connectivity index (χ2v) is 5.41. The van der Waals surface area contributed by atoms with Crippen LogP contribution in [0.5, 0.6) is 0 Å². The van der Waals surface area contributed by atoms with E-state index in [1.165, 1.54) is 45.1 Å². The second kappa shape index (κ2) is 3.61. The Hall–Kier alpha value is -0.0400. The molecule has 0 aromatic carbocycles. The molecule has 2 unspecified atom stereocenters. The third-order valence-electron chi connectivity index (χ3n) is 4.18. The summed E-state index contributed by atoms with van der Waals surface area (Å²) in [5, 5.41) is 3.69. The monoisotopic (exact) mass is 181 g/mol. The summed E-state index contributed by atoms with van der Waals surface area (Å²) < 4.78 is 0. The maximum atomic E-state index is 3.69. The molecule has 1 N–H and O–H groups in total. The van der Waals surface area contributed by atoms with Crippen LogP contribution in [0.4, 0.5) is 0 Å². The van der Waals surface area contributed by atoms with Crippen LogP contribution in [0.3, 0.4) is 0 Å². The fourth-order valence-electron chi connectivity index (χ4n) is 3.01. The van der Waals surface area contributed by atoms with Gasteiger partial charge in [-0.15, -0.1) is 0 Å². The molecule has 0 aromatic rings. The van der Waals surface area contributed by atoms with Crippen LogP contribution in [0.2, 0.25) is 0 Å². The number of hydrogen-bond acceptors (Lipinski definition) is 1. The first-order chi connectivity index (χ1) is 6.22. The van der Waals surface area contributed by atoms with Crippen LogP contribution >= 0.6 is 0 Å². The summed E-state index contributed by atoms with van der Waals surface area (Å²) in [5.74, 6) is 1.87. The van der Waals surface area contributed by atoms with E-state index in [2.05, 4.69) is 19.2 Å². The van der Waals surface area contributed by atoms with E-state index in [-0.39, 0.29) is 0 Å². The molecule has 1 heteroatoms. The van der Waals surface area contributed by atoms with Gasteiger partial charge in [0.15, 0.2) is 0 Å². The molecule has 0 amide bonds. The van der Waals surface area contributed by atoms with Crippen molar-refractivity contribution in [2.75, 3.05) is 6.54 Å². The van der Waals surface area contributed by atoms with Crippen molar-refractivity contribution in [2.45, 2.75) is 57.9 Å². The fraction of sp³-hybridized carbons (Fsp3) is 1.00. The molecule has 76 valence electrons. The van der Waals surface area contributed by atoms with Crippen molar-refractivity contribution in [3.8, 4) is 0 Å². The smallest absolute Gasteiger partial charge is 0.0196 e. The molecule has 1 aliphatic carbocycles. The molecule has 0 radical (unpaired) electrons. The van der Waals surface area contributed by atoms with Gasteiger partial charge in [-0.25, -0.2) is 0 Å². The molecule has 2 fully saturated rings. The van der Waals surface area contributed by atoms with Gasteiger partial charge in [0, 0.05) is 5.54 Å². The van der Waals surface area contributed by atoms with E-state index in [1.807, 2.05) is 0 Å². The van der Waals surface area contributed by atoms with Crippen LogP contribution in [0, 0.1) is 11.8 Å². The van der Waals surface area contributed by atoms with Crippen LogP contribution in [-0.2, 0) is 0 Å². The normalized spacial score (nSPS) is 40.4. The molecular weight excluding hydrogens is 158 g/mol. The van der Waals surface area contributed by atoms with Gasteiger partial charge in [-0.3, -0.25) is 0 Å². The maximum absolute atomic E-state index is 3.69. The van der Waals surface area contributed by atoms with Gasteiger partial charge in [-0.05, 0) is 37.6 Å². The van der Waals surface area contributed by atoms with Crippen LogP contribution in [0.15, 0.2) is 0 Å². The van der Waals surface area contributed by atoms with Crippen LogP contribution in [0.25, 0.3) is 0 Å². The molecule has 0 bridgehead atoms. The summed E-state index contributed by atoms with van der Waals surface area (Å²) in [6, 6.07) is 0. The molecule has 1 heterocycles. The van der Waals surface area contributed by atoms with Crippen molar-refractivity contribution in [3.63, 3.8) is 0 Å². The Balaban J connectivity index is 1.98. The summed E-state index contributed by atoms with van der Waals surface area (Å²) >= 11 is 0. The van der Waals surface area contributed by atoms with Crippen molar-refractivity contribution in [2.24, 2.45) is 11.8 Å². The minimum absolute atomic E-state index is 0.589. The summed E-state index contributed by atoms with van der Waals surface area (Å²) in [6.07, 6.45) is 8.72. The first kappa shape index (κ1) is 9.51. The molecule has 2 rings (SSSR count). The highest BCUT2D eigenvalue weighted by Crippen LogP contribution is 2.39. The average molecular weight is 181 g/mol. The predicted molar refractivity (Wildman–Crippen MR) is 56.8 cm³/mol. The minimum atomic E-state index is 0.589. The average Bonchev–Trinajstić information content (AvgIpc) is 2.24. The number of hydrogen-bond donors (Lipinski definition) is 1. The largest absolute Gasteiger partial charge is 0.311 e. The van der Waals surface area contributed by atoms with Crippen molar-refractivity contribution in [1.82, 2.24) is 5.32 Å². The summed E-state index contributed by atoms with van der Waals surface area (Å²) in [7, 11) is 0. The first-order valence-corrected chi connectivity index (χ1v) is 5.97. The van der Waals surface area contributed by atoms with E-state index in [1.54, 1.807) is 0 Å².